The van der Waals surface area contributed by atoms with Gasteiger partial charge in [-0.05, 0) is 46.7 Å². The van der Waals surface area contributed by atoms with E-state index in [1.807, 2.05) is 23.9 Å². The molecule has 0 atom stereocenters. The zero-order chi connectivity index (χ0) is 13.8. The standard InChI is InChI=1S/C15H23BrN2O/c1-3-11-4-6-12(7-5-11)9-17-15(19)14-8-13(16)10-18(14)2/h8,10-12H,3-7,9H2,1-2H3,(H,17,19). The van der Waals surface area contributed by atoms with Crippen LogP contribution in [0.15, 0.2) is 16.7 Å². The van der Waals surface area contributed by atoms with Gasteiger partial charge < -0.3 is 9.88 Å². The van der Waals surface area contributed by atoms with Gasteiger partial charge in [0.1, 0.15) is 5.69 Å². The lowest BCUT2D eigenvalue weighted by Crippen LogP contribution is -2.32. The minimum absolute atomic E-state index is 0.0332. The number of nitrogens with zero attached hydrogens (tertiary/aromatic N) is 1. The van der Waals surface area contributed by atoms with E-state index in [0.717, 1.165) is 16.9 Å². The molecule has 1 N–H and O–H groups in total. The average molecular weight is 327 g/mol. The van der Waals surface area contributed by atoms with E-state index in [1.165, 1.54) is 32.1 Å². The van der Waals surface area contributed by atoms with Crippen LogP contribution in [0, 0.1) is 11.8 Å². The molecule has 1 aromatic rings. The van der Waals surface area contributed by atoms with Gasteiger partial charge in [0.15, 0.2) is 0 Å². The fourth-order valence-corrected chi connectivity index (χ4v) is 3.45. The first-order valence-corrected chi connectivity index (χ1v) is 7.99. The molecule has 1 fully saturated rings. The molecule has 0 saturated heterocycles. The zero-order valence-electron chi connectivity index (χ0n) is 11.8. The van der Waals surface area contributed by atoms with Gasteiger partial charge in [-0.2, -0.15) is 0 Å². The Labute approximate surface area is 123 Å². The topological polar surface area (TPSA) is 34.0 Å². The third kappa shape index (κ3) is 3.85. The van der Waals surface area contributed by atoms with Crippen molar-refractivity contribution in [1.82, 2.24) is 9.88 Å². The highest BCUT2D eigenvalue weighted by atomic mass is 79.9. The molecule has 2 rings (SSSR count). The summed E-state index contributed by atoms with van der Waals surface area (Å²) < 4.78 is 2.80. The maximum atomic E-state index is 12.1. The van der Waals surface area contributed by atoms with Crippen molar-refractivity contribution in [2.45, 2.75) is 39.0 Å². The Morgan fingerprint density at radius 2 is 2.00 bits per heavy atom. The Kier molecular flexibility index (Phi) is 5.08. The summed E-state index contributed by atoms with van der Waals surface area (Å²) >= 11 is 3.39. The quantitative estimate of drug-likeness (QED) is 0.898. The number of hydrogen-bond acceptors (Lipinski definition) is 1. The van der Waals surface area contributed by atoms with E-state index < -0.39 is 0 Å². The van der Waals surface area contributed by atoms with E-state index in [2.05, 4.69) is 28.2 Å². The summed E-state index contributed by atoms with van der Waals surface area (Å²) in [4.78, 5) is 12.1. The number of hydrogen-bond donors (Lipinski definition) is 1. The van der Waals surface area contributed by atoms with Crippen LogP contribution in [0.1, 0.15) is 49.5 Å². The van der Waals surface area contributed by atoms with E-state index in [0.29, 0.717) is 11.6 Å². The molecule has 1 saturated carbocycles. The number of rotatable bonds is 4. The summed E-state index contributed by atoms with van der Waals surface area (Å²) in [6.45, 7) is 3.10. The van der Waals surface area contributed by atoms with Crippen LogP contribution in [0.2, 0.25) is 0 Å². The Morgan fingerprint density at radius 1 is 1.37 bits per heavy atom. The van der Waals surface area contributed by atoms with Crippen LogP contribution < -0.4 is 5.32 Å². The lowest BCUT2D eigenvalue weighted by molar-refractivity contribution is 0.0933. The molecule has 0 unspecified atom stereocenters. The SMILES string of the molecule is CCC1CCC(CNC(=O)c2cc(Br)cn2C)CC1. The highest BCUT2D eigenvalue weighted by molar-refractivity contribution is 9.10. The normalized spacial score (nSPS) is 23.3. The van der Waals surface area contributed by atoms with Crippen molar-refractivity contribution >= 4 is 21.8 Å². The number of aryl methyl sites for hydroxylation is 1. The molecule has 4 heteroatoms. The van der Waals surface area contributed by atoms with Crippen LogP contribution in [0.4, 0.5) is 0 Å². The molecule has 0 radical (unpaired) electrons. The van der Waals surface area contributed by atoms with Crippen LogP contribution in [0.3, 0.4) is 0 Å². The van der Waals surface area contributed by atoms with Gasteiger partial charge in [0.05, 0.1) is 0 Å². The molecule has 1 heterocycles. The Morgan fingerprint density at radius 3 is 2.53 bits per heavy atom. The molecule has 0 aromatic carbocycles. The summed E-state index contributed by atoms with van der Waals surface area (Å²) in [7, 11) is 1.89. The monoisotopic (exact) mass is 326 g/mol. The largest absolute Gasteiger partial charge is 0.350 e. The van der Waals surface area contributed by atoms with Gasteiger partial charge in [0, 0.05) is 24.3 Å². The molecule has 3 nitrogen and oxygen atoms in total. The zero-order valence-corrected chi connectivity index (χ0v) is 13.4. The fraction of sp³-hybridized carbons (Fsp3) is 0.667. The minimum atomic E-state index is 0.0332. The number of aromatic nitrogens is 1. The van der Waals surface area contributed by atoms with Crippen LogP contribution >= 0.6 is 15.9 Å². The van der Waals surface area contributed by atoms with E-state index >= 15 is 0 Å². The van der Waals surface area contributed by atoms with E-state index in [4.69, 9.17) is 0 Å². The highest BCUT2D eigenvalue weighted by Gasteiger charge is 2.21. The predicted octanol–water partition coefficient (Wildman–Crippen LogP) is 3.73. The van der Waals surface area contributed by atoms with Crippen LogP contribution in [0.5, 0.6) is 0 Å². The van der Waals surface area contributed by atoms with Crippen molar-refractivity contribution in [2.75, 3.05) is 6.54 Å². The molecule has 1 aromatic heterocycles. The molecule has 106 valence electrons. The third-order valence-corrected chi connectivity index (χ3v) is 4.73. The van der Waals surface area contributed by atoms with Crippen LogP contribution in [0.25, 0.3) is 0 Å². The fourth-order valence-electron chi connectivity index (χ4n) is 2.92. The van der Waals surface area contributed by atoms with Crippen molar-refractivity contribution in [2.24, 2.45) is 18.9 Å². The van der Waals surface area contributed by atoms with Crippen molar-refractivity contribution in [1.29, 1.82) is 0 Å². The number of carbonyl (C=O) groups is 1. The van der Waals surface area contributed by atoms with Gasteiger partial charge in [-0.15, -0.1) is 0 Å². The second kappa shape index (κ2) is 6.60. The van der Waals surface area contributed by atoms with E-state index in [9.17, 15) is 4.79 Å². The van der Waals surface area contributed by atoms with Gasteiger partial charge in [0.25, 0.3) is 5.91 Å². The molecule has 1 aliphatic carbocycles. The maximum Gasteiger partial charge on any atom is 0.267 e. The highest BCUT2D eigenvalue weighted by Crippen LogP contribution is 2.30. The number of carbonyl (C=O) groups excluding carboxylic acids is 1. The summed E-state index contributed by atoms with van der Waals surface area (Å²) in [5.41, 5.74) is 0.717. The molecular weight excluding hydrogens is 304 g/mol. The molecular formula is C15H23BrN2O. The molecule has 0 spiro atoms. The summed E-state index contributed by atoms with van der Waals surface area (Å²) in [5.74, 6) is 1.61. The first-order chi connectivity index (χ1) is 9.10. The van der Waals surface area contributed by atoms with Gasteiger partial charge in [-0.3, -0.25) is 4.79 Å². The van der Waals surface area contributed by atoms with Gasteiger partial charge >= 0.3 is 0 Å². The number of nitrogens with one attached hydrogen (secondary N) is 1. The van der Waals surface area contributed by atoms with Crippen molar-refractivity contribution < 1.29 is 4.79 Å². The summed E-state index contributed by atoms with van der Waals surface area (Å²) in [6.07, 6.45) is 8.38. The Balaban J connectivity index is 1.80. The second-order valence-corrected chi connectivity index (χ2v) is 6.58. The van der Waals surface area contributed by atoms with Crippen molar-refractivity contribution in [3.63, 3.8) is 0 Å². The first-order valence-electron chi connectivity index (χ1n) is 7.20. The summed E-state index contributed by atoms with van der Waals surface area (Å²) in [6, 6.07) is 1.86. The van der Waals surface area contributed by atoms with Crippen molar-refractivity contribution in [3.8, 4) is 0 Å². The Bertz CT molecular complexity index is 433. The smallest absolute Gasteiger partial charge is 0.267 e. The molecule has 19 heavy (non-hydrogen) atoms. The van der Waals surface area contributed by atoms with Gasteiger partial charge in [-0.1, -0.05) is 26.2 Å². The average Bonchev–Trinajstić information content (AvgIpc) is 2.75. The maximum absolute atomic E-state index is 12.1. The molecule has 1 amide bonds. The summed E-state index contributed by atoms with van der Waals surface area (Å²) in [5, 5.41) is 3.08. The molecule has 0 aliphatic heterocycles. The number of amides is 1. The number of halogens is 1. The molecule has 0 bridgehead atoms. The van der Waals surface area contributed by atoms with Gasteiger partial charge in [-0.25, -0.2) is 0 Å². The van der Waals surface area contributed by atoms with Crippen LogP contribution in [-0.2, 0) is 7.05 Å². The third-order valence-electron chi connectivity index (χ3n) is 4.30. The van der Waals surface area contributed by atoms with Crippen LogP contribution in [-0.4, -0.2) is 17.0 Å². The lowest BCUT2D eigenvalue weighted by atomic mass is 9.81. The predicted molar refractivity (Wildman–Crippen MR) is 81.2 cm³/mol. The first kappa shape index (κ1) is 14.6. The molecule has 1 aliphatic rings. The minimum Gasteiger partial charge on any atom is -0.350 e. The second-order valence-electron chi connectivity index (χ2n) is 5.66. The van der Waals surface area contributed by atoms with E-state index in [1.54, 1.807) is 0 Å². The van der Waals surface area contributed by atoms with E-state index in [-0.39, 0.29) is 5.91 Å². The van der Waals surface area contributed by atoms with Gasteiger partial charge in [0.2, 0.25) is 0 Å². The Hall–Kier alpha value is -0.770. The lowest BCUT2D eigenvalue weighted by Gasteiger charge is -2.27. The van der Waals surface area contributed by atoms with Crippen molar-refractivity contribution in [3.05, 3.63) is 22.4 Å².